The van der Waals surface area contributed by atoms with Crippen molar-refractivity contribution in [2.75, 3.05) is 26.2 Å². The van der Waals surface area contributed by atoms with E-state index in [1.54, 1.807) is 0 Å². The van der Waals surface area contributed by atoms with Crippen LogP contribution >= 0.6 is 0 Å². The van der Waals surface area contributed by atoms with Crippen molar-refractivity contribution in [1.82, 2.24) is 10.2 Å². The Morgan fingerprint density at radius 2 is 1.86 bits per heavy atom. The second-order valence-corrected chi connectivity index (χ2v) is 4.42. The van der Waals surface area contributed by atoms with Crippen LogP contribution in [0.25, 0.3) is 0 Å². The largest absolute Gasteiger partial charge is 0.313 e. The van der Waals surface area contributed by atoms with E-state index in [0.29, 0.717) is 6.04 Å². The van der Waals surface area contributed by atoms with Crippen molar-refractivity contribution < 1.29 is 0 Å². The van der Waals surface area contributed by atoms with Gasteiger partial charge < -0.3 is 10.2 Å². The summed E-state index contributed by atoms with van der Waals surface area (Å²) in [4.78, 5) is 2.63. The van der Waals surface area contributed by atoms with E-state index in [1.807, 2.05) is 0 Å². The van der Waals surface area contributed by atoms with Crippen LogP contribution in [-0.4, -0.2) is 37.1 Å². The summed E-state index contributed by atoms with van der Waals surface area (Å²) in [7, 11) is 0. The van der Waals surface area contributed by atoms with Crippen LogP contribution in [0.15, 0.2) is 0 Å². The van der Waals surface area contributed by atoms with Gasteiger partial charge in [-0.05, 0) is 45.3 Å². The van der Waals surface area contributed by atoms with Crippen LogP contribution in [0.5, 0.6) is 0 Å². The molecule has 0 radical (unpaired) electrons. The van der Waals surface area contributed by atoms with E-state index in [1.165, 1.54) is 58.3 Å². The van der Waals surface area contributed by atoms with Crippen molar-refractivity contribution in [2.24, 2.45) is 0 Å². The summed E-state index contributed by atoms with van der Waals surface area (Å²) in [6.07, 6.45) is 6.76. The summed E-state index contributed by atoms with van der Waals surface area (Å²) < 4.78 is 0. The van der Waals surface area contributed by atoms with Gasteiger partial charge in [-0.25, -0.2) is 0 Å². The molecular formula is C12H26N2. The van der Waals surface area contributed by atoms with Crippen LogP contribution in [0.4, 0.5) is 0 Å². The third-order valence-electron chi connectivity index (χ3n) is 3.10. The molecule has 2 heteroatoms. The van der Waals surface area contributed by atoms with Gasteiger partial charge in [0.1, 0.15) is 0 Å². The van der Waals surface area contributed by atoms with Crippen LogP contribution in [0, 0.1) is 0 Å². The highest BCUT2D eigenvalue weighted by Gasteiger charge is 2.14. The van der Waals surface area contributed by atoms with E-state index in [2.05, 4.69) is 24.1 Å². The molecule has 0 bridgehead atoms. The van der Waals surface area contributed by atoms with E-state index in [4.69, 9.17) is 0 Å². The molecule has 14 heavy (non-hydrogen) atoms. The fraction of sp³-hybridized carbons (Fsp3) is 1.00. The normalized spacial score (nSPS) is 21.0. The minimum atomic E-state index is 0.716. The Morgan fingerprint density at radius 1 is 1.14 bits per heavy atom. The SMILES string of the molecule is CCCNC(CC)CN1CCCCC1. The molecule has 0 aromatic heterocycles. The van der Waals surface area contributed by atoms with E-state index in [9.17, 15) is 0 Å². The van der Waals surface area contributed by atoms with Gasteiger partial charge in [-0.3, -0.25) is 0 Å². The Balaban J connectivity index is 2.16. The lowest BCUT2D eigenvalue weighted by Gasteiger charge is -2.30. The molecule has 1 aliphatic heterocycles. The second kappa shape index (κ2) is 7.24. The fourth-order valence-electron chi connectivity index (χ4n) is 2.14. The van der Waals surface area contributed by atoms with Gasteiger partial charge in [-0.1, -0.05) is 20.3 Å². The highest BCUT2D eigenvalue weighted by atomic mass is 15.1. The van der Waals surface area contributed by atoms with Gasteiger partial charge in [0, 0.05) is 12.6 Å². The molecule has 0 saturated carbocycles. The minimum absolute atomic E-state index is 0.716. The lowest BCUT2D eigenvalue weighted by molar-refractivity contribution is 0.203. The standard InChI is InChI=1S/C12H26N2/c1-3-8-13-12(4-2)11-14-9-6-5-7-10-14/h12-13H,3-11H2,1-2H3. The van der Waals surface area contributed by atoms with E-state index in [0.717, 1.165) is 0 Å². The van der Waals surface area contributed by atoms with Gasteiger partial charge in [0.2, 0.25) is 0 Å². The Morgan fingerprint density at radius 3 is 2.43 bits per heavy atom. The molecule has 1 unspecified atom stereocenters. The molecule has 1 heterocycles. The van der Waals surface area contributed by atoms with Crippen LogP contribution < -0.4 is 5.32 Å². The second-order valence-electron chi connectivity index (χ2n) is 4.42. The van der Waals surface area contributed by atoms with Crippen LogP contribution in [0.2, 0.25) is 0 Å². The molecule has 0 aromatic carbocycles. The number of likely N-dealkylation sites (tertiary alicyclic amines) is 1. The summed E-state index contributed by atoms with van der Waals surface area (Å²) in [5.41, 5.74) is 0. The third-order valence-corrected chi connectivity index (χ3v) is 3.10. The van der Waals surface area contributed by atoms with Gasteiger partial charge in [0.15, 0.2) is 0 Å². The number of hydrogen-bond donors (Lipinski definition) is 1. The molecule has 1 rings (SSSR count). The predicted octanol–water partition coefficient (Wildman–Crippen LogP) is 2.25. The summed E-state index contributed by atoms with van der Waals surface area (Å²) in [5.74, 6) is 0. The maximum Gasteiger partial charge on any atom is 0.0192 e. The van der Waals surface area contributed by atoms with Gasteiger partial charge >= 0.3 is 0 Å². The first-order chi connectivity index (χ1) is 6.86. The fourth-order valence-corrected chi connectivity index (χ4v) is 2.14. The van der Waals surface area contributed by atoms with Crippen molar-refractivity contribution in [2.45, 2.75) is 52.0 Å². The van der Waals surface area contributed by atoms with Crippen molar-refractivity contribution in [3.63, 3.8) is 0 Å². The molecular weight excluding hydrogens is 172 g/mol. The monoisotopic (exact) mass is 198 g/mol. The number of hydrogen-bond acceptors (Lipinski definition) is 2. The van der Waals surface area contributed by atoms with Crippen LogP contribution in [0.3, 0.4) is 0 Å². The lowest BCUT2D eigenvalue weighted by atomic mass is 10.1. The minimum Gasteiger partial charge on any atom is -0.313 e. The quantitative estimate of drug-likeness (QED) is 0.704. The zero-order valence-corrected chi connectivity index (χ0v) is 9.89. The predicted molar refractivity (Wildman–Crippen MR) is 62.7 cm³/mol. The average molecular weight is 198 g/mol. The Labute approximate surface area is 89.1 Å². The topological polar surface area (TPSA) is 15.3 Å². The Kier molecular flexibility index (Phi) is 6.20. The zero-order chi connectivity index (χ0) is 10.2. The maximum atomic E-state index is 3.62. The molecule has 0 amide bonds. The molecule has 1 saturated heterocycles. The highest BCUT2D eigenvalue weighted by molar-refractivity contribution is 4.73. The first kappa shape index (κ1) is 12.0. The lowest BCUT2D eigenvalue weighted by Crippen LogP contribution is -2.43. The summed E-state index contributed by atoms with van der Waals surface area (Å²) in [5, 5.41) is 3.62. The average Bonchev–Trinajstić information content (AvgIpc) is 2.25. The highest BCUT2D eigenvalue weighted by Crippen LogP contribution is 2.09. The molecule has 2 nitrogen and oxygen atoms in total. The zero-order valence-electron chi connectivity index (χ0n) is 9.89. The molecule has 1 atom stereocenters. The van der Waals surface area contributed by atoms with Crippen LogP contribution in [0.1, 0.15) is 46.0 Å². The van der Waals surface area contributed by atoms with E-state index >= 15 is 0 Å². The van der Waals surface area contributed by atoms with Gasteiger partial charge in [0.25, 0.3) is 0 Å². The Hall–Kier alpha value is -0.0800. The van der Waals surface area contributed by atoms with Gasteiger partial charge in [-0.15, -0.1) is 0 Å². The molecule has 0 aromatic rings. The number of rotatable bonds is 6. The smallest absolute Gasteiger partial charge is 0.0192 e. The number of nitrogens with one attached hydrogen (secondary N) is 1. The molecule has 1 fully saturated rings. The number of piperidine rings is 1. The van der Waals surface area contributed by atoms with Crippen molar-refractivity contribution >= 4 is 0 Å². The molecule has 1 aliphatic rings. The Bertz CT molecular complexity index is 130. The third kappa shape index (κ3) is 4.43. The summed E-state index contributed by atoms with van der Waals surface area (Å²) in [6, 6.07) is 0.716. The maximum absolute atomic E-state index is 3.62. The summed E-state index contributed by atoms with van der Waals surface area (Å²) in [6.45, 7) is 9.61. The van der Waals surface area contributed by atoms with Crippen LogP contribution in [-0.2, 0) is 0 Å². The molecule has 0 spiro atoms. The van der Waals surface area contributed by atoms with Crippen molar-refractivity contribution in [3.05, 3.63) is 0 Å². The van der Waals surface area contributed by atoms with E-state index < -0.39 is 0 Å². The molecule has 1 N–H and O–H groups in total. The molecule has 84 valence electrons. The van der Waals surface area contributed by atoms with Crippen molar-refractivity contribution in [1.29, 1.82) is 0 Å². The van der Waals surface area contributed by atoms with Gasteiger partial charge in [-0.2, -0.15) is 0 Å². The van der Waals surface area contributed by atoms with E-state index in [-0.39, 0.29) is 0 Å². The van der Waals surface area contributed by atoms with Gasteiger partial charge in [0.05, 0.1) is 0 Å². The number of nitrogens with zero attached hydrogens (tertiary/aromatic N) is 1. The molecule has 0 aliphatic carbocycles. The van der Waals surface area contributed by atoms with Crippen molar-refractivity contribution in [3.8, 4) is 0 Å². The first-order valence-electron chi connectivity index (χ1n) is 6.32. The first-order valence-corrected chi connectivity index (χ1v) is 6.32. The summed E-state index contributed by atoms with van der Waals surface area (Å²) >= 11 is 0.